The molecule has 2 atom stereocenters. The zero-order valence-corrected chi connectivity index (χ0v) is 20.0. The number of amides is 1. The number of aryl methyl sites for hydroxylation is 1. The van der Waals surface area contributed by atoms with E-state index in [1.807, 2.05) is 25.3 Å². The molecule has 1 saturated heterocycles. The highest BCUT2D eigenvalue weighted by molar-refractivity contribution is 7.98. The van der Waals surface area contributed by atoms with Crippen LogP contribution in [0.1, 0.15) is 40.2 Å². The summed E-state index contributed by atoms with van der Waals surface area (Å²) in [6, 6.07) is 9.38. The number of fused-ring (bicyclic) bond motifs is 1. The molecule has 182 valence electrons. The van der Waals surface area contributed by atoms with Gasteiger partial charge >= 0.3 is 6.18 Å². The summed E-state index contributed by atoms with van der Waals surface area (Å²) in [7, 11) is 0. The Hall–Kier alpha value is -2.98. The van der Waals surface area contributed by atoms with Crippen LogP contribution in [0.4, 0.5) is 18.9 Å². The molecule has 5 rings (SSSR count). The minimum atomic E-state index is -4.63. The molecule has 35 heavy (non-hydrogen) atoms. The minimum absolute atomic E-state index is 0.0394. The van der Waals surface area contributed by atoms with Gasteiger partial charge in [0.05, 0.1) is 18.0 Å². The summed E-state index contributed by atoms with van der Waals surface area (Å²) in [6.07, 6.45) is 0.270. The number of carbonyl (C=O) groups excluding carboxylic acids is 1. The summed E-state index contributed by atoms with van der Waals surface area (Å²) in [4.78, 5) is 25.5. The molecule has 1 aromatic carbocycles. The molecular weight excluding hydrogens is 477 g/mol. The molecule has 1 aliphatic heterocycles. The number of benzene rings is 1. The number of ether oxygens (including phenoxy) is 1. The Morgan fingerprint density at radius 3 is 2.77 bits per heavy atom. The summed E-state index contributed by atoms with van der Waals surface area (Å²) in [6.45, 7) is 3.42. The molecule has 2 unspecified atom stereocenters. The van der Waals surface area contributed by atoms with E-state index < -0.39 is 17.8 Å². The average Bonchev–Trinajstić information content (AvgIpc) is 3.61. The van der Waals surface area contributed by atoms with Crippen molar-refractivity contribution in [3.05, 3.63) is 65.1 Å². The fourth-order valence-corrected chi connectivity index (χ4v) is 5.02. The second-order valence-corrected chi connectivity index (χ2v) is 9.69. The van der Waals surface area contributed by atoms with E-state index in [-0.39, 0.29) is 11.0 Å². The number of carbonyl (C=O) groups is 1. The lowest BCUT2D eigenvalue weighted by Crippen LogP contribution is -2.23. The van der Waals surface area contributed by atoms with Crippen LogP contribution in [0.3, 0.4) is 0 Å². The first kappa shape index (κ1) is 23.7. The van der Waals surface area contributed by atoms with E-state index >= 15 is 0 Å². The number of nitrogens with one attached hydrogen (secondary N) is 1. The highest BCUT2D eigenvalue weighted by atomic mass is 32.2. The number of rotatable bonds is 5. The Labute approximate surface area is 204 Å². The fraction of sp³-hybridized carbons (Fsp3) is 0.360. The highest BCUT2D eigenvalue weighted by Gasteiger charge is 2.58. The number of alkyl halides is 3. The van der Waals surface area contributed by atoms with Crippen molar-refractivity contribution in [1.29, 1.82) is 0 Å². The Bertz CT molecular complexity index is 1300. The number of anilines is 1. The summed E-state index contributed by atoms with van der Waals surface area (Å²) in [5, 5.41) is 3.37. The van der Waals surface area contributed by atoms with Gasteiger partial charge in [-0.05, 0) is 67.8 Å². The van der Waals surface area contributed by atoms with Crippen molar-refractivity contribution < 1.29 is 22.7 Å². The summed E-state index contributed by atoms with van der Waals surface area (Å²) in [5.41, 5.74) is 2.82. The van der Waals surface area contributed by atoms with Gasteiger partial charge in [-0.2, -0.15) is 13.2 Å². The van der Waals surface area contributed by atoms with Crippen molar-refractivity contribution in [3.63, 3.8) is 0 Å². The van der Waals surface area contributed by atoms with E-state index in [4.69, 9.17) is 14.7 Å². The van der Waals surface area contributed by atoms with Gasteiger partial charge in [0, 0.05) is 35.0 Å². The Morgan fingerprint density at radius 2 is 2.03 bits per heavy atom. The molecule has 10 heteroatoms. The van der Waals surface area contributed by atoms with Gasteiger partial charge in [-0.15, -0.1) is 0 Å². The maximum Gasteiger partial charge on any atom is 0.433 e. The van der Waals surface area contributed by atoms with Crippen LogP contribution in [-0.4, -0.2) is 40.3 Å². The number of pyridine rings is 1. The molecule has 0 radical (unpaired) electrons. The van der Waals surface area contributed by atoms with Crippen molar-refractivity contribution in [1.82, 2.24) is 15.0 Å². The first-order chi connectivity index (χ1) is 16.7. The Morgan fingerprint density at radius 1 is 1.20 bits per heavy atom. The second-order valence-electron chi connectivity index (χ2n) is 8.92. The smallest absolute Gasteiger partial charge is 0.381 e. The summed E-state index contributed by atoms with van der Waals surface area (Å²) in [5.74, 6) is -0.176. The third-order valence-corrected chi connectivity index (χ3v) is 7.27. The molecule has 1 aliphatic carbocycles. The van der Waals surface area contributed by atoms with Gasteiger partial charge in [-0.3, -0.25) is 9.78 Å². The SMILES string of the molecule is CSc1nc(-c2cc(NC(=O)c3ccnc(C(F)(F)F)c3)ccc2C)cc(C23CCOCC2C3)n1. The lowest BCUT2D eigenvalue weighted by Gasteiger charge is -2.23. The molecule has 2 aromatic heterocycles. The van der Waals surface area contributed by atoms with Crippen LogP contribution in [0.25, 0.3) is 11.3 Å². The third kappa shape index (κ3) is 4.64. The fourth-order valence-electron chi connectivity index (χ4n) is 4.64. The number of thioether (sulfide) groups is 1. The molecule has 3 aromatic rings. The van der Waals surface area contributed by atoms with Crippen LogP contribution in [0, 0.1) is 12.8 Å². The number of hydrogen-bond donors (Lipinski definition) is 1. The number of aromatic nitrogens is 3. The zero-order chi connectivity index (χ0) is 24.8. The lowest BCUT2D eigenvalue weighted by atomic mass is 9.92. The first-order valence-corrected chi connectivity index (χ1v) is 12.4. The molecule has 1 saturated carbocycles. The lowest BCUT2D eigenvalue weighted by molar-refractivity contribution is -0.141. The predicted molar refractivity (Wildman–Crippen MR) is 126 cm³/mol. The van der Waals surface area contributed by atoms with Crippen LogP contribution >= 0.6 is 11.8 Å². The molecule has 3 heterocycles. The second kappa shape index (κ2) is 8.91. The predicted octanol–water partition coefficient (Wildman–Crippen LogP) is 5.52. The van der Waals surface area contributed by atoms with Gasteiger partial charge in [-0.1, -0.05) is 17.8 Å². The molecule has 0 bridgehead atoms. The van der Waals surface area contributed by atoms with Gasteiger partial charge in [0.15, 0.2) is 5.16 Å². The Balaban J connectivity index is 1.45. The number of nitrogens with zero attached hydrogens (tertiary/aromatic N) is 3. The quantitative estimate of drug-likeness (QED) is 0.367. The zero-order valence-electron chi connectivity index (χ0n) is 19.1. The van der Waals surface area contributed by atoms with E-state index in [1.165, 1.54) is 17.8 Å². The van der Waals surface area contributed by atoms with E-state index in [2.05, 4.69) is 10.3 Å². The van der Waals surface area contributed by atoms with Crippen LogP contribution in [0.5, 0.6) is 0 Å². The molecule has 1 amide bonds. The van der Waals surface area contributed by atoms with Gasteiger partial charge < -0.3 is 10.1 Å². The Kier molecular flexibility index (Phi) is 6.04. The summed E-state index contributed by atoms with van der Waals surface area (Å²) < 4.78 is 44.6. The van der Waals surface area contributed by atoms with Crippen molar-refractivity contribution in [2.75, 3.05) is 24.8 Å². The average molecular weight is 501 g/mol. The van der Waals surface area contributed by atoms with Crippen LogP contribution in [-0.2, 0) is 16.3 Å². The van der Waals surface area contributed by atoms with Crippen LogP contribution in [0.15, 0.2) is 47.8 Å². The third-order valence-electron chi connectivity index (χ3n) is 6.73. The van der Waals surface area contributed by atoms with Gasteiger partial charge in [0.1, 0.15) is 5.69 Å². The van der Waals surface area contributed by atoms with Gasteiger partial charge in [0.25, 0.3) is 5.91 Å². The van der Waals surface area contributed by atoms with Crippen molar-refractivity contribution >= 4 is 23.4 Å². The van der Waals surface area contributed by atoms with Crippen molar-refractivity contribution in [2.24, 2.45) is 5.92 Å². The largest absolute Gasteiger partial charge is 0.433 e. The normalized spacial score (nSPS) is 21.3. The minimum Gasteiger partial charge on any atom is -0.381 e. The molecule has 6 nitrogen and oxygen atoms in total. The van der Waals surface area contributed by atoms with Crippen molar-refractivity contribution in [3.8, 4) is 11.3 Å². The maximum absolute atomic E-state index is 13.0. The van der Waals surface area contributed by atoms with Crippen molar-refractivity contribution in [2.45, 2.75) is 36.5 Å². The standard InChI is InChI=1S/C25H23F3N4O2S/c1-14-3-4-17(30-22(33)15-5-7-29-21(9-15)25(26,27)28)10-18(14)19-11-20(32-23(31-19)35-2)24-6-8-34-13-16(24)12-24/h3-5,7,9-11,16H,6,8,12-13H2,1-2H3,(H,30,33). The van der Waals surface area contributed by atoms with Gasteiger partial charge in [-0.25, -0.2) is 9.97 Å². The van der Waals surface area contributed by atoms with E-state index in [0.717, 1.165) is 60.8 Å². The van der Waals surface area contributed by atoms with Crippen LogP contribution in [0.2, 0.25) is 0 Å². The molecule has 2 aliphatic rings. The van der Waals surface area contributed by atoms with Crippen LogP contribution < -0.4 is 5.32 Å². The van der Waals surface area contributed by atoms with E-state index in [1.54, 1.807) is 12.1 Å². The number of halogens is 3. The van der Waals surface area contributed by atoms with Gasteiger partial charge in [0.2, 0.25) is 0 Å². The topological polar surface area (TPSA) is 77.0 Å². The van der Waals surface area contributed by atoms with E-state index in [9.17, 15) is 18.0 Å². The maximum atomic E-state index is 13.0. The first-order valence-electron chi connectivity index (χ1n) is 11.2. The molecule has 0 spiro atoms. The highest BCUT2D eigenvalue weighted by Crippen LogP contribution is 2.58. The molecular formula is C25H23F3N4O2S. The summed E-state index contributed by atoms with van der Waals surface area (Å²) >= 11 is 1.47. The molecule has 1 N–H and O–H groups in total. The molecule has 2 fully saturated rings. The monoisotopic (exact) mass is 500 g/mol. The number of hydrogen-bond acceptors (Lipinski definition) is 6. The van der Waals surface area contributed by atoms with E-state index in [0.29, 0.717) is 16.8 Å².